The molecule has 2 rings (SSSR count). The third-order valence-corrected chi connectivity index (χ3v) is 4.08. The van der Waals surface area contributed by atoms with Gasteiger partial charge in [0.05, 0.1) is 6.54 Å². The van der Waals surface area contributed by atoms with E-state index in [-0.39, 0.29) is 23.8 Å². The third-order valence-electron chi connectivity index (χ3n) is 3.83. The minimum atomic E-state index is -0.262. The van der Waals surface area contributed by atoms with Gasteiger partial charge in [-0.25, -0.2) is 0 Å². The van der Waals surface area contributed by atoms with E-state index in [0.29, 0.717) is 17.1 Å². The van der Waals surface area contributed by atoms with Crippen molar-refractivity contribution in [2.24, 2.45) is 0 Å². The summed E-state index contributed by atoms with van der Waals surface area (Å²) in [6.07, 6.45) is 0. The quantitative estimate of drug-likeness (QED) is 0.856. The summed E-state index contributed by atoms with van der Waals surface area (Å²) in [5.41, 5.74) is 2.68. The van der Waals surface area contributed by atoms with E-state index < -0.39 is 0 Å². The summed E-state index contributed by atoms with van der Waals surface area (Å²) >= 11 is 5.82. The third kappa shape index (κ3) is 5.91. The number of halogens is 1. The van der Waals surface area contributed by atoms with E-state index in [1.165, 1.54) is 0 Å². The van der Waals surface area contributed by atoms with Crippen molar-refractivity contribution in [3.05, 3.63) is 70.2 Å². The molecule has 0 radical (unpaired) electrons. The molecule has 0 aliphatic heterocycles. The fourth-order valence-electron chi connectivity index (χ4n) is 2.25. The number of amides is 2. The normalized spacial score (nSPS) is 11.0. The van der Waals surface area contributed by atoms with Crippen molar-refractivity contribution in [1.29, 1.82) is 0 Å². The average Bonchev–Trinajstić information content (AvgIpc) is 2.58. The molecule has 2 aromatic rings. The number of carbonyl (C=O) groups excluding carboxylic acids is 2. The summed E-state index contributed by atoms with van der Waals surface area (Å²) in [4.78, 5) is 24.0. The molecule has 2 aromatic carbocycles. The molecule has 0 spiro atoms. The summed E-state index contributed by atoms with van der Waals surface area (Å²) in [6.45, 7) is 6.69. The first-order valence-electron chi connectivity index (χ1n) is 8.15. The highest BCUT2D eigenvalue weighted by molar-refractivity contribution is 6.30. The van der Waals surface area contributed by atoms with Gasteiger partial charge in [0.1, 0.15) is 0 Å². The predicted molar refractivity (Wildman–Crippen MR) is 101 cm³/mol. The molecule has 0 aliphatic rings. The Bertz CT molecular complexity index is 732. The maximum atomic E-state index is 12.1. The van der Waals surface area contributed by atoms with Crippen molar-refractivity contribution in [3.63, 3.8) is 0 Å². The maximum Gasteiger partial charge on any atom is 0.251 e. The van der Waals surface area contributed by atoms with Gasteiger partial charge < -0.3 is 10.6 Å². The molecule has 25 heavy (non-hydrogen) atoms. The van der Waals surface area contributed by atoms with Crippen LogP contribution in [0.3, 0.4) is 0 Å². The van der Waals surface area contributed by atoms with E-state index in [2.05, 4.69) is 31.4 Å². The van der Waals surface area contributed by atoms with E-state index in [4.69, 9.17) is 11.6 Å². The van der Waals surface area contributed by atoms with Crippen molar-refractivity contribution in [2.75, 3.05) is 6.54 Å². The van der Waals surface area contributed by atoms with E-state index >= 15 is 0 Å². The van der Waals surface area contributed by atoms with Crippen LogP contribution in [0.1, 0.15) is 42.3 Å². The van der Waals surface area contributed by atoms with Gasteiger partial charge in [-0.1, -0.05) is 56.6 Å². The van der Waals surface area contributed by atoms with Crippen molar-refractivity contribution in [3.8, 4) is 0 Å². The highest BCUT2D eigenvalue weighted by Crippen LogP contribution is 2.22. The molecular formula is C20H23ClN2O2. The second-order valence-electron chi connectivity index (χ2n) is 6.91. The molecule has 0 atom stereocenters. The lowest BCUT2D eigenvalue weighted by molar-refractivity contribution is -0.120. The zero-order valence-corrected chi connectivity index (χ0v) is 15.5. The molecule has 0 unspecified atom stereocenters. The monoisotopic (exact) mass is 358 g/mol. The van der Waals surface area contributed by atoms with Gasteiger partial charge in [-0.05, 0) is 40.8 Å². The van der Waals surface area contributed by atoms with Crippen LogP contribution in [0, 0.1) is 0 Å². The van der Waals surface area contributed by atoms with Gasteiger partial charge >= 0.3 is 0 Å². The number of hydrogen-bond acceptors (Lipinski definition) is 2. The predicted octanol–water partition coefficient (Wildman–Crippen LogP) is 3.68. The van der Waals surface area contributed by atoms with Crippen molar-refractivity contribution in [1.82, 2.24) is 10.6 Å². The van der Waals surface area contributed by atoms with E-state index in [1.807, 2.05) is 24.3 Å². The number of rotatable bonds is 5. The molecule has 0 aromatic heterocycles. The summed E-state index contributed by atoms with van der Waals surface area (Å²) in [7, 11) is 0. The van der Waals surface area contributed by atoms with Crippen molar-refractivity contribution >= 4 is 23.4 Å². The first-order chi connectivity index (χ1) is 11.8. The molecule has 0 aliphatic carbocycles. The summed E-state index contributed by atoms with van der Waals surface area (Å²) in [5.74, 6) is -0.503. The highest BCUT2D eigenvalue weighted by atomic mass is 35.5. The number of hydrogen-bond donors (Lipinski definition) is 2. The Labute approximate surface area is 153 Å². The second-order valence-corrected chi connectivity index (χ2v) is 7.35. The van der Waals surface area contributed by atoms with Gasteiger partial charge in [0, 0.05) is 17.1 Å². The SMILES string of the molecule is CC(C)(C)c1ccc(C(=O)NCC(=O)NCc2ccc(Cl)cc2)cc1. The zero-order valence-electron chi connectivity index (χ0n) is 14.7. The van der Waals surface area contributed by atoms with Crippen molar-refractivity contribution < 1.29 is 9.59 Å². The topological polar surface area (TPSA) is 58.2 Å². The molecule has 0 saturated carbocycles. The van der Waals surface area contributed by atoms with E-state index in [1.54, 1.807) is 24.3 Å². The van der Waals surface area contributed by atoms with Gasteiger partial charge in [0.25, 0.3) is 5.91 Å². The molecular weight excluding hydrogens is 336 g/mol. The zero-order chi connectivity index (χ0) is 18.4. The van der Waals surface area contributed by atoms with Crippen LogP contribution in [0.25, 0.3) is 0 Å². The molecule has 0 fully saturated rings. The molecule has 2 amide bonds. The number of nitrogens with one attached hydrogen (secondary N) is 2. The minimum absolute atomic E-state index is 0.0383. The number of carbonyl (C=O) groups is 2. The molecule has 5 heteroatoms. The highest BCUT2D eigenvalue weighted by Gasteiger charge is 2.14. The lowest BCUT2D eigenvalue weighted by Crippen LogP contribution is -2.36. The summed E-state index contributed by atoms with van der Waals surface area (Å²) < 4.78 is 0. The molecule has 0 saturated heterocycles. The van der Waals surface area contributed by atoms with Crippen LogP contribution in [-0.4, -0.2) is 18.4 Å². The van der Waals surface area contributed by atoms with Gasteiger partial charge in [-0.2, -0.15) is 0 Å². The second kappa shape index (κ2) is 8.17. The summed E-state index contributed by atoms with van der Waals surface area (Å²) in [5, 5.41) is 6.04. The summed E-state index contributed by atoms with van der Waals surface area (Å²) in [6, 6.07) is 14.7. The molecule has 132 valence electrons. The smallest absolute Gasteiger partial charge is 0.251 e. The molecule has 0 bridgehead atoms. The molecule has 4 nitrogen and oxygen atoms in total. The fraction of sp³-hybridized carbons (Fsp3) is 0.300. The fourth-order valence-corrected chi connectivity index (χ4v) is 2.38. The van der Waals surface area contributed by atoms with E-state index in [9.17, 15) is 9.59 Å². The first-order valence-corrected chi connectivity index (χ1v) is 8.53. The van der Waals surface area contributed by atoms with Crippen LogP contribution >= 0.6 is 11.6 Å². The number of benzene rings is 2. The van der Waals surface area contributed by atoms with Crippen molar-refractivity contribution in [2.45, 2.75) is 32.7 Å². The average molecular weight is 359 g/mol. The molecule has 2 N–H and O–H groups in total. The standard InChI is InChI=1S/C20H23ClN2O2/c1-20(2,3)16-8-6-15(7-9-16)19(25)23-13-18(24)22-12-14-4-10-17(21)11-5-14/h4-11H,12-13H2,1-3H3,(H,22,24)(H,23,25). The largest absolute Gasteiger partial charge is 0.350 e. The minimum Gasteiger partial charge on any atom is -0.350 e. The van der Waals surface area contributed by atoms with Crippen LogP contribution in [0.2, 0.25) is 5.02 Å². The molecule has 0 heterocycles. The lowest BCUT2D eigenvalue weighted by Gasteiger charge is -2.19. The van der Waals surface area contributed by atoms with Crippen LogP contribution in [-0.2, 0) is 16.8 Å². The van der Waals surface area contributed by atoms with Gasteiger partial charge in [-0.3, -0.25) is 9.59 Å². The first kappa shape index (κ1) is 19.0. The van der Waals surface area contributed by atoms with Crippen LogP contribution in [0.4, 0.5) is 0 Å². The maximum absolute atomic E-state index is 12.1. The van der Waals surface area contributed by atoms with Gasteiger partial charge in [-0.15, -0.1) is 0 Å². The van der Waals surface area contributed by atoms with Gasteiger partial charge in [0.2, 0.25) is 5.91 Å². The van der Waals surface area contributed by atoms with Crippen LogP contribution in [0.5, 0.6) is 0 Å². The van der Waals surface area contributed by atoms with Crippen LogP contribution < -0.4 is 10.6 Å². The Hall–Kier alpha value is -2.33. The van der Waals surface area contributed by atoms with Gasteiger partial charge in [0.15, 0.2) is 0 Å². The Balaban J connectivity index is 1.80. The Morgan fingerprint density at radius 2 is 1.52 bits per heavy atom. The Morgan fingerprint density at radius 3 is 2.08 bits per heavy atom. The van der Waals surface area contributed by atoms with Crippen LogP contribution in [0.15, 0.2) is 48.5 Å². The van der Waals surface area contributed by atoms with E-state index in [0.717, 1.165) is 11.1 Å². The lowest BCUT2D eigenvalue weighted by atomic mass is 9.87. The Kier molecular flexibility index (Phi) is 6.21. The Morgan fingerprint density at radius 1 is 0.920 bits per heavy atom.